The van der Waals surface area contributed by atoms with Gasteiger partial charge in [0.15, 0.2) is 0 Å². The predicted octanol–water partition coefficient (Wildman–Crippen LogP) is 21.7. The second kappa shape index (κ2) is 62.5. The van der Waals surface area contributed by atoms with Crippen molar-refractivity contribution in [2.24, 2.45) is 0 Å². The van der Waals surface area contributed by atoms with E-state index in [0.29, 0.717) is 17.4 Å². The number of carbonyl (C=O) groups excluding carboxylic acids is 2. The van der Waals surface area contributed by atoms with Gasteiger partial charge in [-0.1, -0.05) is 287 Å². The number of nitrogens with one attached hydrogen (secondary N) is 1. The maximum absolute atomic E-state index is 13.6. The van der Waals surface area contributed by atoms with Crippen LogP contribution in [-0.4, -0.2) is 69.4 Å². The molecule has 0 heterocycles. The molecule has 10 heteroatoms. The Bertz CT molecular complexity index is 1650. The lowest BCUT2D eigenvalue weighted by Gasteiger charge is -2.30. The Hall–Kier alpha value is -2.55. The zero-order valence-corrected chi connectivity index (χ0v) is 56.3. The van der Waals surface area contributed by atoms with Crippen LogP contribution in [0.15, 0.2) is 72.9 Å². The fourth-order valence-electron chi connectivity index (χ4n) is 10.1. The van der Waals surface area contributed by atoms with Crippen molar-refractivity contribution in [3.63, 3.8) is 0 Å². The first-order valence-corrected chi connectivity index (χ1v) is 36.7. The van der Waals surface area contributed by atoms with Crippen molar-refractivity contribution in [3.05, 3.63) is 72.9 Å². The monoisotopic (exact) mass is 1180 g/mol. The molecular weight excluding hydrogens is 1050 g/mol. The number of hydrogen-bond acceptors (Lipinski definition) is 7. The first-order valence-electron chi connectivity index (χ1n) is 35.2. The van der Waals surface area contributed by atoms with Gasteiger partial charge in [-0.05, 0) is 102 Å². The second-order valence-electron chi connectivity index (χ2n) is 25.0. The van der Waals surface area contributed by atoms with E-state index in [-0.39, 0.29) is 24.9 Å². The molecule has 3 atom stereocenters. The lowest BCUT2D eigenvalue weighted by Crippen LogP contribution is -2.47. The first kappa shape index (κ1) is 80.5. The molecule has 0 spiro atoms. The maximum atomic E-state index is 13.6. The minimum Gasteiger partial charge on any atom is -0.756 e. The summed E-state index contributed by atoms with van der Waals surface area (Å²) in [5.41, 5.74) is 0. The number of ether oxygens (including phenoxy) is 1. The predicted molar refractivity (Wildman–Crippen MR) is 358 cm³/mol. The Labute approximate surface area is 514 Å². The Morgan fingerprint density at radius 3 is 1.12 bits per heavy atom. The molecule has 0 saturated heterocycles. The summed E-state index contributed by atoms with van der Waals surface area (Å²) in [6, 6.07) is -0.896. The van der Waals surface area contributed by atoms with Crippen molar-refractivity contribution in [2.45, 2.75) is 341 Å². The number of phosphoric acid groups is 1. The normalized spacial score (nSPS) is 14.0. The van der Waals surface area contributed by atoms with Crippen molar-refractivity contribution < 1.29 is 37.3 Å². The van der Waals surface area contributed by atoms with Gasteiger partial charge in [0, 0.05) is 12.8 Å². The third-order valence-corrected chi connectivity index (χ3v) is 16.6. The number of quaternary nitrogens is 1. The molecule has 0 saturated carbocycles. The van der Waals surface area contributed by atoms with E-state index in [1.807, 2.05) is 33.3 Å². The maximum Gasteiger partial charge on any atom is 0.306 e. The minimum atomic E-state index is -4.71. The van der Waals surface area contributed by atoms with Gasteiger partial charge in [0.1, 0.15) is 19.3 Å². The van der Waals surface area contributed by atoms with Crippen molar-refractivity contribution in [1.29, 1.82) is 0 Å². The van der Waals surface area contributed by atoms with E-state index in [9.17, 15) is 19.0 Å². The van der Waals surface area contributed by atoms with E-state index in [0.717, 1.165) is 89.9 Å². The van der Waals surface area contributed by atoms with Gasteiger partial charge in [0.25, 0.3) is 7.82 Å². The number of allylic oxidation sites excluding steroid dienone is 11. The standard InChI is InChI=1S/C73H135N2O7P/c1-7-10-13-16-19-22-25-28-30-32-34-36-37-39-41-43-45-48-51-54-57-60-63-66-73(77)82-71(64-61-58-55-52-49-46-27-24-21-18-15-12-9-3)70(69-81-83(78,79)80-68-67-75(4,5)6)74-72(76)65-62-59-56-53-50-47-44-42-40-38-35-33-31-29-26-23-20-17-14-11-8-2/h19-20,22-23,28-31,35,38,61,64,70-71H,7-18,21,24-27,32-34,36-37,39-60,62-63,65-69H2,1-6H3,(H-,74,76,78,79)/b22-19-,23-20-,30-28-,31-29-,38-35-,64-61+. The number of unbranched alkanes of at least 4 members (excludes halogenated alkanes) is 38. The van der Waals surface area contributed by atoms with E-state index in [1.54, 1.807) is 0 Å². The largest absolute Gasteiger partial charge is 0.756 e. The van der Waals surface area contributed by atoms with Crippen molar-refractivity contribution in [1.82, 2.24) is 5.32 Å². The highest BCUT2D eigenvalue weighted by Gasteiger charge is 2.27. The van der Waals surface area contributed by atoms with Crippen LogP contribution in [0.25, 0.3) is 0 Å². The molecule has 9 nitrogen and oxygen atoms in total. The molecule has 1 N–H and O–H groups in total. The lowest BCUT2D eigenvalue weighted by molar-refractivity contribution is -0.870. The molecule has 0 aromatic heterocycles. The molecule has 1 amide bonds. The highest BCUT2D eigenvalue weighted by Crippen LogP contribution is 2.38. The van der Waals surface area contributed by atoms with Crippen molar-refractivity contribution >= 4 is 19.7 Å². The van der Waals surface area contributed by atoms with Crippen molar-refractivity contribution in [2.75, 3.05) is 40.9 Å². The molecule has 0 aliphatic rings. The topological polar surface area (TPSA) is 114 Å². The van der Waals surface area contributed by atoms with Crippen molar-refractivity contribution in [3.8, 4) is 0 Å². The summed E-state index contributed by atoms with van der Waals surface area (Å²) in [5, 5.41) is 3.04. The molecule has 0 bridgehead atoms. The summed E-state index contributed by atoms with van der Waals surface area (Å²) in [7, 11) is 1.18. The van der Waals surface area contributed by atoms with Crippen LogP contribution in [0.4, 0.5) is 0 Å². The average molecular weight is 1180 g/mol. The number of amides is 1. The fraction of sp³-hybridized carbons (Fsp3) is 0.808. The first-order chi connectivity index (χ1) is 40.4. The highest BCUT2D eigenvalue weighted by atomic mass is 31.2. The molecule has 3 unspecified atom stereocenters. The smallest absolute Gasteiger partial charge is 0.306 e. The molecule has 0 aliphatic heterocycles. The average Bonchev–Trinajstić information content (AvgIpc) is 3.46. The zero-order chi connectivity index (χ0) is 60.7. The lowest BCUT2D eigenvalue weighted by atomic mass is 10.0. The van der Waals surface area contributed by atoms with Crippen LogP contribution in [-0.2, 0) is 27.9 Å². The van der Waals surface area contributed by atoms with E-state index in [1.165, 1.54) is 205 Å². The summed E-state index contributed by atoms with van der Waals surface area (Å²) in [5.74, 6) is -0.541. The van der Waals surface area contributed by atoms with Gasteiger partial charge >= 0.3 is 5.97 Å². The summed E-state index contributed by atoms with van der Waals surface area (Å²) >= 11 is 0. The van der Waals surface area contributed by atoms with E-state index < -0.39 is 26.6 Å². The number of rotatable bonds is 64. The molecule has 0 fully saturated rings. The molecule has 83 heavy (non-hydrogen) atoms. The van der Waals surface area contributed by atoms with Crippen LogP contribution in [0, 0.1) is 0 Å². The van der Waals surface area contributed by atoms with Crippen LogP contribution in [0.5, 0.6) is 0 Å². The van der Waals surface area contributed by atoms with Gasteiger partial charge < -0.3 is 28.5 Å². The third kappa shape index (κ3) is 63.8. The van der Waals surface area contributed by atoms with E-state index in [2.05, 4.69) is 86.8 Å². The molecule has 0 aromatic carbocycles. The second-order valence-corrected chi connectivity index (χ2v) is 26.4. The number of likely N-dealkylation sites (N-methyl/N-ethyl adjacent to an activating group) is 1. The van der Waals surface area contributed by atoms with Gasteiger partial charge in [0.05, 0.1) is 33.8 Å². The Morgan fingerprint density at radius 2 is 0.735 bits per heavy atom. The van der Waals surface area contributed by atoms with Gasteiger partial charge in [-0.3, -0.25) is 14.2 Å². The number of esters is 1. The van der Waals surface area contributed by atoms with Gasteiger partial charge in [0.2, 0.25) is 5.91 Å². The van der Waals surface area contributed by atoms with E-state index in [4.69, 9.17) is 13.8 Å². The summed E-state index contributed by atoms with van der Waals surface area (Å²) in [6.45, 7) is 6.82. The zero-order valence-electron chi connectivity index (χ0n) is 55.4. The molecule has 0 aromatic rings. The van der Waals surface area contributed by atoms with Gasteiger partial charge in [-0.15, -0.1) is 0 Å². The fourth-order valence-corrected chi connectivity index (χ4v) is 10.9. The molecular formula is C73H135N2O7P. The Balaban J connectivity index is 5.14. The van der Waals surface area contributed by atoms with Crippen LogP contribution in [0.3, 0.4) is 0 Å². The summed E-state index contributed by atoms with van der Waals surface area (Å²) < 4.78 is 30.5. The molecule has 0 rings (SSSR count). The minimum absolute atomic E-state index is 0.0252. The molecule has 484 valence electrons. The van der Waals surface area contributed by atoms with Gasteiger partial charge in [-0.2, -0.15) is 0 Å². The third-order valence-electron chi connectivity index (χ3n) is 15.6. The highest BCUT2D eigenvalue weighted by molar-refractivity contribution is 7.45. The Morgan fingerprint density at radius 1 is 0.422 bits per heavy atom. The molecule has 0 radical (unpaired) electrons. The van der Waals surface area contributed by atoms with Crippen LogP contribution < -0.4 is 10.2 Å². The number of hydrogen-bond donors (Lipinski definition) is 1. The van der Waals surface area contributed by atoms with Crippen LogP contribution in [0.2, 0.25) is 0 Å². The number of nitrogens with zero attached hydrogens (tertiary/aromatic N) is 1. The summed E-state index contributed by atoms with van der Waals surface area (Å²) in [6.07, 6.45) is 81.5. The summed E-state index contributed by atoms with van der Waals surface area (Å²) in [4.78, 5) is 40.2. The van der Waals surface area contributed by atoms with Gasteiger partial charge in [-0.25, -0.2) is 0 Å². The SMILES string of the molecule is CCCCC/C=C\C/C=C\C/C=C\CCCCCCCCCCC(=O)NC(COP(=O)([O-])OCC[N+](C)(C)C)C(/C=C/CCCCCCCCCCCCC)OC(=O)CCCCCCCCCCCCCCC/C=C\C/C=C\CCCCC. The molecule has 0 aliphatic carbocycles. The van der Waals surface area contributed by atoms with Crippen LogP contribution >= 0.6 is 7.82 Å². The van der Waals surface area contributed by atoms with E-state index >= 15 is 0 Å². The number of carbonyl (C=O) groups is 2. The number of phosphoric ester groups is 1. The quantitative estimate of drug-likeness (QED) is 0.0212. The Kier molecular flexibility index (Phi) is 60.6. The van der Waals surface area contributed by atoms with Crippen LogP contribution in [0.1, 0.15) is 329 Å².